The molecule has 0 radical (unpaired) electrons. The van der Waals surface area contributed by atoms with Crippen LogP contribution in [-0.2, 0) is 30.3 Å². The highest BCUT2D eigenvalue weighted by molar-refractivity contribution is 5.98. The third-order valence-electron chi connectivity index (χ3n) is 4.22. The Balaban J connectivity index is 1.32. The van der Waals surface area contributed by atoms with Crippen molar-refractivity contribution in [3.8, 4) is 11.5 Å². The molecule has 2 unspecified atom stereocenters. The molecular weight excluding hydrogens is 392 g/mol. The molecule has 0 bridgehead atoms. The van der Waals surface area contributed by atoms with Crippen molar-refractivity contribution in [3.63, 3.8) is 0 Å². The lowest BCUT2D eigenvalue weighted by Gasteiger charge is -2.14. The second kappa shape index (κ2) is 11.2. The van der Waals surface area contributed by atoms with Crippen molar-refractivity contribution in [3.05, 3.63) is 54.4 Å². The first-order valence-corrected chi connectivity index (χ1v) is 9.46. The Hall–Kier alpha value is -3.01. The summed E-state index contributed by atoms with van der Waals surface area (Å²) in [5.74, 6) is 0.493. The first kappa shape index (κ1) is 21.7. The second-order valence-corrected chi connectivity index (χ2v) is 6.47. The van der Waals surface area contributed by atoms with E-state index in [-0.39, 0.29) is 37.9 Å². The number of carbonyl (C=O) groups excluding carboxylic acids is 2. The quantitative estimate of drug-likeness (QED) is 0.437. The van der Waals surface area contributed by atoms with Gasteiger partial charge >= 0.3 is 0 Å². The monoisotopic (exact) mass is 416 g/mol. The molecule has 2 atom stereocenters. The SMILES string of the molecule is COc1ccccc1OCOC1COC(CC(=O)CC(=O)NCc2cccnc2)O1. The number of benzene rings is 1. The van der Waals surface area contributed by atoms with Crippen LogP contribution in [0.4, 0.5) is 0 Å². The van der Waals surface area contributed by atoms with Gasteiger partial charge in [0.15, 0.2) is 30.9 Å². The highest BCUT2D eigenvalue weighted by atomic mass is 16.8. The van der Waals surface area contributed by atoms with Gasteiger partial charge in [-0.3, -0.25) is 14.6 Å². The van der Waals surface area contributed by atoms with Crippen LogP contribution in [-0.4, -0.2) is 49.8 Å². The third-order valence-corrected chi connectivity index (χ3v) is 4.22. The number of nitrogens with zero attached hydrogens (tertiary/aromatic N) is 1. The van der Waals surface area contributed by atoms with Crippen molar-refractivity contribution in [2.45, 2.75) is 32.0 Å². The zero-order chi connectivity index (χ0) is 21.2. The predicted octanol–water partition coefficient (Wildman–Crippen LogP) is 1.81. The molecule has 0 saturated carbocycles. The Morgan fingerprint density at radius 1 is 1.20 bits per heavy atom. The number of Topliss-reactive ketones (excluding diaryl/α,β-unsaturated/α-hetero) is 1. The molecule has 9 nitrogen and oxygen atoms in total. The molecule has 2 heterocycles. The summed E-state index contributed by atoms with van der Waals surface area (Å²) in [6, 6.07) is 10.8. The van der Waals surface area contributed by atoms with Crippen LogP contribution in [0.1, 0.15) is 18.4 Å². The number of rotatable bonds is 11. The standard InChI is InChI=1S/C21H24N2O7/c1-26-17-6-2-3-7-18(17)28-14-29-21-13-27-20(30-21)10-16(24)9-19(25)23-12-15-5-4-8-22-11-15/h2-8,11,20-21H,9-10,12-14H2,1H3,(H,23,25). The maximum Gasteiger partial charge on any atom is 0.227 e. The lowest BCUT2D eigenvalue weighted by atomic mass is 10.2. The van der Waals surface area contributed by atoms with E-state index in [4.69, 9.17) is 23.7 Å². The molecule has 160 valence electrons. The smallest absolute Gasteiger partial charge is 0.227 e. The summed E-state index contributed by atoms with van der Waals surface area (Å²) >= 11 is 0. The van der Waals surface area contributed by atoms with Gasteiger partial charge in [-0.2, -0.15) is 0 Å². The number of nitrogens with one attached hydrogen (secondary N) is 1. The largest absolute Gasteiger partial charge is 0.493 e. The Morgan fingerprint density at radius 2 is 2.03 bits per heavy atom. The number of methoxy groups -OCH3 is 1. The summed E-state index contributed by atoms with van der Waals surface area (Å²) in [5.41, 5.74) is 0.857. The fraction of sp³-hybridized carbons (Fsp3) is 0.381. The van der Waals surface area contributed by atoms with Gasteiger partial charge in [-0.05, 0) is 23.8 Å². The molecule has 1 aliphatic rings. The Kier molecular flexibility index (Phi) is 8.13. The maximum atomic E-state index is 12.1. The van der Waals surface area contributed by atoms with Crippen LogP contribution in [0, 0.1) is 0 Å². The number of ketones is 1. The minimum absolute atomic E-state index is 0.0342. The lowest BCUT2D eigenvalue weighted by molar-refractivity contribution is -0.172. The van der Waals surface area contributed by atoms with Gasteiger partial charge in [0.25, 0.3) is 0 Å². The summed E-state index contributed by atoms with van der Waals surface area (Å²) in [6.07, 6.45) is 1.62. The molecule has 9 heteroatoms. The zero-order valence-electron chi connectivity index (χ0n) is 16.6. The van der Waals surface area contributed by atoms with Crippen LogP contribution >= 0.6 is 0 Å². The van der Waals surface area contributed by atoms with Gasteiger partial charge in [0.05, 0.1) is 20.0 Å². The minimum Gasteiger partial charge on any atom is -0.493 e. The van der Waals surface area contributed by atoms with E-state index in [0.717, 1.165) is 5.56 Å². The van der Waals surface area contributed by atoms with Crippen LogP contribution in [0.15, 0.2) is 48.8 Å². The first-order valence-electron chi connectivity index (χ1n) is 9.46. The number of ether oxygens (including phenoxy) is 5. The number of hydrogen-bond donors (Lipinski definition) is 1. The molecule has 1 aliphatic heterocycles. The fourth-order valence-corrected chi connectivity index (χ4v) is 2.74. The van der Waals surface area contributed by atoms with E-state index in [1.165, 1.54) is 0 Å². The molecule has 1 fully saturated rings. The molecule has 0 spiro atoms. The Labute approximate surface area is 174 Å². The lowest BCUT2D eigenvalue weighted by Crippen LogP contribution is -2.27. The molecule has 2 aromatic rings. The van der Waals surface area contributed by atoms with E-state index in [0.29, 0.717) is 18.0 Å². The number of carbonyl (C=O) groups is 2. The van der Waals surface area contributed by atoms with Crippen LogP contribution in [0.5, 0.6) is 11.5 Å². The number of aromatic nitrogens is 1. The third kappa shape index (κ3) is 6.80. The number of hydrogen-bond acceptors (Lipinski definition) is 8. The summed E-state index contributed by atoms with van der Waals surface area (Å²) in [4.78, 5) is 28.0. The van der Waals surface area contributed by atoms with Crippen LogP contribution in [0.25, 0.3) is 0 Å². The van der Waals surface area contributed by atoms with Gasteiger partial charge in [-0.1, -0.05) is 18.2 Å². The Morgan fingerprint density at radius 3 is 2.80 bits per heavy atom. The van der Waals surface area contributed by atoms with Crippen molar-refractivity contribution in [1.29, 1.82) is 0 Å². The van der Waals surface area contributed by atoms with Crippen LogP contribution in [0.2, 0.25) is 0 Å². The molecule has 1 aromatic heterocycles. The number of amides is 1. The van der Waals surface area contributed by atoms with E-state index in [1.807, 2.05) is 18.2 Å². The van der Waals surface area contributed by atoms with Crippen molar-refractivity contribution in [1.82, 2.24) is 10.3 Å². The molecule has 1 N–H and O–H groups in total. The summed E-state index contributed by atoms with van der Waals surface area (Å²) in [7, 11) is 1.55. The molecule has 1 saturated heterocycles. The molecule has 1 amide bonds. The number of pyridine rings is 1. The topological polar surface area (TPSA) is 105 Å². The van der Waals surface area contributed by atoms with E-state index >= 15 is 0 Å². The predicted molar refractivity (Wildman–Crippen MR) is 105 cm³/mol. The average Bonchev–Trinajstić information content (AvgIpc) is 3.20. The number of para-hydroxylation sites is 2. The zero-order valence-corrected chi connectivity index (χ0v) is 16.6. The normalized spacial score (nSPS) is 18.0. The van der Waals surface area contributed by atoms with Crippen molar-refractivity contribution < 1.29 is 33.3 Å². The van der Waals surface area contributed by atoms with Crippen molar-refractivity contribution in [2.75, 3.05) is 20.5 Å². The van der Waals surface area contributed by atoms with Crippen molar-refractivity contribution in [2.24, 2.45) is 0 Å². The van der Waals surface area contributed by atoms with Crippen LogP contribution in [0.3, 0.4) is 0 Å². The van der Waals surface area contributed by atoms with E-state index in [9.17, 15) is 9.59 Å². The maximum absolute atomic E-state index is 12.1. The molecular formula is C21H24N2O7. The first-order chi connectivity index (χ1) is 14.6. The van der Waals surface area contributed by atoms with Gasteiger partial charge in [0.1, 0.15) is 12.4 Å². The molecule has 30 heavy (non-hydrogen) atoms. The van der Waals surface area contributed by atoms with Gasteiger partial charge in [0, 0.05) is 18.9 Å². The summed E-state index contributed by atoms with van der Waals surface area (Å²) < 4.78 is 27.1. The van der Waals surface area contributed by atoms with Crippen molar-refractivity contribution >= 4 is 11.7 Å². The average molecular weight is 416 g/mol. The molecule has 3 rings (SSSR count). The van der Waals surface area contributed by atoms with Gasteiger partial charge < -0.3 is 29.0 Å². The second-order valence-electron chi connectivity index (χ2n) is 6.47. The fourth-order valence-electron chi connectivity index (χ4n) is 2.74. The molecule has 1 aromatic carbocycles. The molecule has 0 aliphatic carbocycles. The van der Waals surface area contributed by atoms with Crippen LogP contribution < -0.4 is 14.8 Å². The highest BCUT2D eigenvalue weighted by Gasteiger charge is 2.29. The Bertz CT molecular complexity index is 831. The van der Waals surface area contributed by atoms with E-state index in [2.05, 4.69) is 10.3 Å². The minimum atomic E-state index is -0.750. The van der Waals surface area contributed by atoms with E-state index < -0.39 is 12.6 Å². The van der Waals surface area contributed by atoms with Gasteiger partial charge in [-0.25, -0.2) is 0 Å². The summed E-state index contributed by atoms with van der Waals surface area (Å²) in [5, 5.41) is 2.68. The highest BCUT2D eigenvalue weighted by Crippen LogP contribution is 2.26. The van der Waals surface area contributed by atoms with Gasteiger partial charge in [0.2, 0.25) is 5.91 Å². The van der Waals surface area contributed by atoms with Gasteiger partial charge in [-0.15, -0.1) is 0 Å². The van der Waals surface area contributed by atoms with E-state index in [1.54, 1.807) is 37.7 Å². The summed E-state index contributed by atoms with van der Waals surface area (Å²) in [6.45, 7) is 0.421.